The van der Waals surface area contributed by atoms with E-state index in [0.29, 0.717) is 11.3 Å². The van der Waals surface area contributed by atoms with Crippen molar-refractivity contribution in [2.45, 2.75) is 25.8 Å². The van der Waals surface area contributed by atoms with Crippen LogP contribution in [-0.4, -0.2) is 21.6 Å². The molecule has 1 heterocycles. The lowest BCUT2D eigenvalue weighted by atomic mass is 9.83. The number of carbonyl (C=O) groups excluding carboxylic acids is 2. The predicted octanol–water partition coefficient (Wildman–Crippen LogP) is 1.42. The van der Waals surface area contributed by atoms with E-state index in [2.05, 4.69) is 10.4 Å². The monoisotopic (exact) mass is 304 g/mol. The van der Waals surface area contributed by atoms with Gasteiger partial charge in [0, 0.05) is 11.8 Å². The average molecular weight is 304 g/mol. The van der Waals surface area contributed by atoms with Gasteiger partial charge in [0.15, 0.2) is 0 Å². The van der Waals surface area contributed by atoms with Gasteiger partial charge in [0.05, 0.1) is 17.3 Å². The fourth-order valence-electron chi connectivity index (χ4n) is 2.05. The SMILES string of the molecule is CC(C)(C(=O)Nc1cnn(CC(N)=O)c1)c1ccccc1F. The maximum atomic E-state index is 13.9. The molecule has 0 atom stereocenters. The first kappa shape index (κ1) is 15.7. The van der Waals surface area contributed by atoms with E-state index < -0.39 is 17.1 Å². The number of nitrogens with two attached hydrogens (primary N) is 1. The van der Waals surface area contributed by atoms with Crippen LogP contribution in [0.3, 0.4) is 0 Å². The molecule has 3 N–H and O–H groups in total. The minimum Gasteiger partial charge on any atom is -0.368 e. The van der Waals surface area contributed by atoms with E-state index >= 15 is 0 Å². The molecular weight excluding hydrogens is 287 g/mol. The molecule has 2 amide bonds. The van der Waals surface area contributed by atoms with Gasteiger partial charge in [0.1, 0.15) is 12.4 Å². The fourth-order valence-corrected chi connectivity index (χ4v) is 2.05. The molecule has 0 spiro atoms. The van der Waals surface area contributed by atoms with Gasteiger partial charge in [0.25, 0.3) is 0 Å². The Morgan fingerprint density at radius 3 is 2.68 bits per heavy atom. The molecule has 0 bridgehead atoms. The topological polar surface area (TPSA) is 90.0 Å². The van der Waals surface area contributed by atoms with E-state index in [0.717, 1.165) is 0 Å². The quantitative estimate of drug-likeness (QED) is 0.875. The molecular formula is C15H17FN4O2. The third kappa shape index (κ3) is 3.30. The number of halogens is 1. The summed E-state index contributed by atoms with van der Waals surface area (Å²) in [4.78, 5) is 23.2. The van der Waals surface area contributed by atoms with Gasteiger partial charge in [-0.05, 0) is 19.9 Å². The van der Waals surface area contributed by atoms with Gasteiger partial charge in [-0.2, -0.15) is 5.10 Å². The second-order valence-corrected chi connectivity index (χ2v) is 5.45. The summed E-state index contributed by atoms with van der Waals surface area (Å²) >= 11 is 0. The van der Waals surface area contributed by atoms with Crippen LogP contribution in [0.2, 0.25) is 0 Å². The van der Waals surface area contributed by atoms with Crippen LogP contribution >= 0.6 is 0 Å². The highest BCUT2D eigenvalue weighted by Gasteiger charge is 2.32. The Morgan fingerprint density at radius 1 is 1.36 bits per heavy atom. The van der Waals surface area contributed by atoms with Crippen molar-refractivity contribution < 1.29 is 14.0 Å². The molecule has 0 aliphatic rings. The number of aromatic nitrogens is 2. The average Bonchev–Trinajstić information content (AvgIpc) is 2.85. The Kier molecular flexibility index (Phi) is 4.25. The number of anilines is 1. The van der Waals surface area contributed by atoms with Crippen LogP contribution < -0.4 is 11.1 Å². The van der Waals surface area contributed by atoms with Gasteiger partial charge in [-0.1, -0.05) is 18.2 Å². The Labute approximate surface area is 127 Å². The first-order chi connectivity index (χ1) is 10.3. The number of rotatable bonds is 5. The fraction of sp³-hybridized carbons (Fsp3) is 0.267. The Bertz CT molecular complexity index is 709. The number of carbonyl (C=O) groups is 2. The van der Waals surface area contributed by atoms with Gasteiger partial charge in [-0.25, -0.2) is 4.39 Å². The summed E-state index contributed by atoms with van der Waals surface area (Å²) in [6.45, 7) is 3.19. The van der Waals surface area contributed by atoms with Gasteiger partial charge >= 0.3 is 0 Å². The molecule has 1 aromatic heterocycles. The number of nitrogens with zero attached hydrogens (tertiary/aromatic N) is 2. The van der Waals surface area contributed by atoms with Gasteiger partial charge in [-0.3, -0.25) is 14.3 Å². The Balaban J connectivity index is 2.16. The highest BCUT2D eigenvalue weighted by atomic mass is 19.1. The predicted molar refractivity (Wildman–Crippen MR) is 79.5 cm³/mol. The van der Waals surface area contributed by atoms with Crippen LogP contribution in [0.25, 0.3) is 0 Å². The summed E-state index contributed by atoms with van der Waals surface area (Å²) in [7, 11) is 0. The lowest BCUT2D eigenvalue weighted by molar-refractivity contribution is -0.120. The highest BCUT2D eigenvalue weighted by molar-refractivity contribution is 5.98. The minimum absolute atomic E-state index is 0.0768. The molecule has 2 rings (SSSR count). The van der Waals surface area contributed by atoms with Crippen LogP contribution in [0.4, 0.5) is 10.1 Å². The van der Waals surface area contributed by atoms with Crippen LogP contribution in [0.1, 0.15) is 19.4 Å². The van der Waals surface area contributed by atoms with Crippen molar-refractivity contribution in [3.05, 3.63) is 48.0 Å². The van der Waals surface area contributed by atoms with Gasteiger partial charge in [0.2, 0.25) is 11.8 Å². The molecule has 6 nitrogen and oxygen atoms in total. The van der Waals surface area contributed by atoms with Crippen LogP contribution in [-0.2, 0) is 21.5 Å². The van der Waals surface area contributed by atoms with E-state index in [1.165, 1.54) is 23.1 Å². The zero-order valence-corrected chi connectivity index (χ0v) is 12.3. The van der Waals surface area contributed by atoms with Gasteiger partial charge in [-0.15, -0.1) is 0 Å². The summed E-state index contributed by atoms with van der Waals surface area (Å²) in [5.41, 5.74) is 4.73. The lowest BCUT2D eigenvalue weighted by Gasteiger charge is -2.24. The third-order valence-electron chi connectivity index (χ3n) is 3.32. The summed E-state index contributed by atoms with van der Waals surface area (Å²) < 4.78 is 15.2. The Morgan fingerprint density at radius 2 is 2.05 bits per heavy atom. The third-order valence-corrected chi connectivity index (χ3v) is 3.32. The number of primary amides is 1. The lowest BCUT2D eigenvalue weighted by Crippen LogP contribution is -2.35. The second-order valence-electron chi connectivity index (χ2n) is 5.45. The molecule has 0 aliphatic carbocycles. The second kappa shape index (κ2) is 5.97. The smallest absolute Gasteiger partial charge is 0.239 e. The van der Waals surface area contributed by atoms with Crippen molar-refractivity contribution in [3.63, 3.8) is 0 Å². The number of hydrogen-bond acceptors (Lipinski definition) is 3. The maximum absolute atomic E-state index is 13.9. The van der Waals surface area contributed by atoms with Crippen molar-refractivity contribution in [1.29, 1.82) is 0 Å². The number of amides is 2. The first-order valence-electron chi connectivity index (χ1n) is 6.68. The van der Waals surface area contributed by atoms with Crippen molar-refractivity contribution in [2.24, 2.45) is 5.73 Å². The zero-order chi connectivity index (χ0) is 16.3. The summed E-state index contributed by atoms with van der Waals surface area (Å²) in [6, 6.07) is 6.14. The highest BCUT2D eigenvalue weighted by Crippen LogP contribution is 2.27. The molecule has 0 fully saturated rings. The standard InChI is InChI=1S/C15H17FN4O2/c1-15(2,11-5-3-4-6-12(11)16)14(22)19-10-7-18-20(8-10)9-13(17)21/h3-8H,9H2,1-2H3,(H2,17,21)(H,19,22). The van der Waals surface area contributed by atoms with E-state index in [1.807, 2.05) is 0 Å². The molecule has 0 radical (unpaired) electrons. The zero-order valence-electron chi connectivity index (χ0n) is 12.3. The van der Waals surface area contributed by atoms with Crippen molar-refractivity contribution in [2.75, 3.05) is 5.32 Å². The molecule has 7 heteroatoms. The van der Waals surface area contributed by atoms with Gasteiger partial charge < -0.3 is 11.1 Å². The Hall–Kier alpha value is -2.70. The molecule has 0 saturated carbocycles. The number of benzene rings is 1. The van der Waals surface area contributed by atoms with E-state index in [4.69, 9.17) is 5.73 Å². The van der Waals surface area contributed by atoms with E-state index in [-0.39, 0.29) is 12.5 Å². The molecule has 0 saturated heterocycles. The molecule has 0 unspecified atom stereocenters. The maximum Gasteiger partial charge on any atom is 0.239 e. The van der Waals surface area contributed by atoms with Crippen LogP contribution in [0, 0.1) is 5.82 Å². The van der Waals surface area contributed by atoms with Crippen molar-refractivity contribution in [1.82, 2.24) is 9.78 Å². The summed E-state index contributed by atoms with van der Waals surface area (Å²) in [5.74, 6) is -1.35. The largest absolute Gasteiger partial charge is 0.368 e. The van der Waals surface area contributed by atoms with E-state index in [1.54, 1.807) is 32.0 Å². The van der Waals surface area contributed by atoms with E-state index in [9.17, 15) is 14.0 Å². The molecule has 116 valence electrons. The minimum atomic E-state index is -1.06. The molecule has 0 aliphatic heterocycles. The molecule has 2 aromatic rings. The first-order valence-corrected chi connectivity index (χ1v) is 6.68. The van der Waals surface area contributed by atoms with Crippen LogP contribution in [0.15, 0.2) is 36.7 Å². The normalized spacial score (nSPS) is 11.2. The van der Waals surface area contributed by atoms with Crippen molar-refractivity contribution >= 4 is 17.5 Å². The molecule has 1 aromatic carbocycles. The summed E-state index contributed by atoms with van der Waals surface area (Å²) in [5, 5.41) is 6.57. The number of nitrogens with one attached hydrogen (secondary N) is 1. The van der Waals surface area contributed by atoms with Crippen molar-refractivity contribution in [3.8, 4) is 0 Å². The molecule has 22 heavy (non-hydrogen) atoms. The van der Waals surface area contributed by atoms with Crippen LogP contribution in [0.5, 0.6) is 0 Å². The number of hydrogen-bond donors (Lipinski definition) is 2. The summed E-state index contributed by atoms with van der Waals surface area (Å²) in [6.07, 6.45) is 2.89.